The second-order valence-electron chi connectivity index (χ2n) is 11.8. The van der Waals surface area contributed by atoms with Crippen LogP contribution >= 0.6 is 0 Å². The molecular weight excluding hydrogens is 411 g/mol. The summed E-state index contributed by atoms with van der Waals surface area (Å²) in [5, 5.41) is 13.8. The molecule has 4 aliphatic carbocycles. The van der Waals surface area contributed by atoms with Gasteiger partial charge >= 0.3 is 0 Å². The number of benzene rings is 2. The summed E-state index contributed by atoms with van der Waals surface area (Å²) < 4.78 is 13.3. The lowest BCUT2D eigenvalue weighted by molar-refractivity contribution is -0.118. The molecule has 0 saturated heterocycles. The molecule has 4 atom stereocenters. The largest absolute Gasteiger partial charge is 0.305 e. The lowest BCUT2D eigenvalue weighted by atomic mass is 9.43. The maximum Gasteiger partial charge on any atom is 0.123 e. The van der Waals surface area contributed by atoms with Crippen molar-refractivity contribution in [1.82, 2.24) is 20.3 Å². The van der Waals surface area contributed by atoms with Crippen LogP contribution in [0.2, 0.25) is 0 Å². The van der Waals surface area contributed by atoms with Gasteiger partial charge in [0.25, 0.3) is 0 Å². The summed E-state index contributed by atoms with van der Waals surface area (Å²) in [5.74, 6) is 0.631. The smallest absolute Gasteiger partial charge is 0.123 e. The van der Waals surface area contributed by atoms with E-state index in [9.17, 15) is 4.39 Å². The van der Waals surface area contributed by atoms with E-state index >= 15 is 0 Å². The molecule has 5 heteroatoms. The molecule has 1 heterocycles. The van der Waals surface area contributed by atoms with Crippen molar-refractivity contribution in [3.8, 4) is 11.3 Å². The molecule has 1 N–H and O–H groups in total. The topological polar surface area (TPSA) is 42.7 Å². The summed E-state index contributed by atoms with van der Waals surface area (Å²) in [7, 11) is 0. The Bertz CT molecular complexity index is 1130. The molecule has 4 saturated carbocycles. The Labute approximate surface area is 195 Å². The zero-order valence-electron chi connectivity index (χ0n) is 19.6. The zero-order chi connectivity index (χ0) is 22.7. The zero-order valence-corrected chi connectivity index (χ0v) is 19.6. The van der Waals surface area contributed by atoms with Crippen molar-refractivity contribution in [2.75, 3.05) is 0 Å². The summed E-state index contributed by atoms with van der Waals surface area (Å²) in [5.41, 5.74) is 5.18. The summed E-state index contributed by atoms with van der Waals surface area (Å²) in [6.07, 6.45) is 8.02. The molecule has 2 aromatic carbocycles. The van der Waals surface area contributed by atoms with Crippen LogP contribution < -0.4 is 5.32 Å². The van der Waals surface area contributed by atoms with Crippen LogP contribution in [-0.4, -0.2) is 20.5 Å². The summed E-state index contributed by atoms with van der Waals surface area (Å²) >= 11 is 0. The van der Waals surface area contributed by atoms with Crippen LogP contribution in [0.4, 0.5) is 4.39 Å². The minimum absolute atomic E-state index is 0.220. The average molecular weight is 445 g/mol. The predicted molar refractivity (Wildman–Crippen MR) is 128 cm³/mol. The number of rotatable bonds is 6. The third-order valence-electron chi connectivity index (χ3n) is 8.27. The van der Waals surface area contributed by atoms with Crippen LogP contribution in [0.1, 0.15) is 63.6 Å². The normalized spacial score (nSPS) is 32.4. The molecule has 4 aliphatic rings. The molecule has 4 bridgehead atoms. The highest BCUT2D eigenvalue weighted by molar-refractivity contribution is 5.61. The first-order valence-corrected chi connectivity index (χ1v) is 12.3. The van der Waals surface area contributed by atoms with Crippen LogP contribution in [0, 0.1) is 22.6 Å². The Morgan fingerprint density at radius 2 is 1.61 bits per heavy atom. The lowest BCUT2D eigenvalue weighted by Gasteiger charge is -2.65. The minimum atomic E-state index is -0.222. The van der Waals surface area contributed by atoms with Crippen molar-refractivity contribution in [3.63, 3.8) is 0 Å². The molecule has 7 rings (SSSR count). The molecule has 0 aliphatic heterocycles. The minimum Gasteiger partial charge on any atom is -0.305 e. The molecular formula is C28H33FN4. The van der Waals surface area contributed by atoms with Gasteiger partial charge < -0.3 is 5.32 Å². The van der Waals surface area contributed by atoms with E-state index in [2.05, 4.69) is 31.3 Å². The third-order valence-corrected chi connectivity index (χ3v) is 8.27. The van der Waals surface area contributed by atoms with Crippen molar-refractivity contribution in [2.24, 2.45) is 16.7 Å². The monoisotopic (exact) mass is 444 g/mol. The summed E-state index contributed by atoms with van der Waals surface area (Å²) in [6, 6.07) is 16.9. The van der Waals surface area contributed by atoms with Gasteiger partial charge in [0.15, 0.2) is 0 Å². The highest BCUT2D eigenvalue weighted by atomic mass is 19.1. The number of hydrogen-bond acceptors (Lipinski definition) is 3. The molecule has 4 nitrogen and oxygen atoms in total. The van der Waals surface area contributed by atoms with Gasteiger partial charge in [-0.2, -0.15) is 15.0 Å². The van der Waals surface area contributed by atoms with Gasteiger partial charge in [0.1, 0.15) is 17.2 Å². The van der Waals surface area contributed by atoms with Crippen LogP contribution in [0.3, 0.4) is 0 Å². The van der Waals surface area contributed by atoms with E-state index in [1.165, 1.54) is 50.7 Å². The second kappa shape index (κ2) is 7.49. The highest BCUT2D eigenvalue weighted by Gasteiger charge is 2.59. The van der Waals surface area contributed by atoms with Crippen molar-refractivity contribution >= 4 is 0 Å². The molecule has 0 spiro atoms. The van der Waals surface area contributed by atoms with Crippen molar-refractivity contribution in [3.05, 3.63) is 71.7 Å². The van der Waals surface area contributed by atoms with Crippen molar-refractivity contribution in [1.29, 1.82) is 0 Å². The van der Waals surface area contributed by atoms with Gasteiger partial charge in [-0.1, -0.05) is 56.3 Å². The average Bonchev–Trinajstić information content (AvgIpc) is 3.15. The summed E-state index contributed by atoms with van der Waals surface area (Å²) in [4.78, 5) is 1.76. The first-order chi connectivity index (χ1) is 15.8. The number of nitrogens with one attached hydrogen (secondary N) is 1. The van der Waals surface area contributed by atoms with Crippen molar-refractivity contribution in [2.45, 2.75) is 71.0 Å². The van der Waals surface area contributed by atoms with E-state index in [0.717, 1.165) is 35.0 Å². The summed E-state index contributed by atoms with van der Waals surface area (Å²) in [6.45, 7) is 6.29. The first kappa shape index (κ1) is 21.0. The third kappa shape index (κ3) is 4.01. The van der Waals surface area contributed by atoms with E-state index in [1.54, 1.807) is 16.9 Å². The molecule has 172 valence electrons. The maximum atomic E-state index is 13.3. The van der Waals surface area contributed by atoms with Gasteiger partial charge in [-0.15, -0.1) is 0 Å². The number of nitrogens with zero attached hydrogens (tertiary/aromatic N) is 3. The van der Waals surface area contributed by atoms with Crippen LogP contribution in [0.15, 0.2) is 54.6 Å². The number of aromatic nitrogens is 3. The molecule has 1 aromatic heterocycles. The van der Waals surface area contributed by atoms with Crippen LogP contribution in [0.25, 0.3) is 11.3 Å². The van der Waals surface area contributed by atoms with Crippen LogP contribution in [0.5, 0.6) is 0 Å². The van der Waals surface area contributed by atoms with Gasteiger partial charge in [-0.05, 0) is 73.0 Å². The Kier molecular flexibility index (Phi) is 4.77. The van der Waals surface area contributed by atoms with E-state index in [-0.39, 0.29) is 11.4 Å². The number of hydrogen-bond donors (Lipinski definition) is 1. The fourth-order valence-corrected chi connectivity index (χ4v) is 8.06. The Balaban J connectivity index is 1.28. The highest BCUT2D eigenvalue weighted by Crippen LogP contribution is 2.66. The standard InChI is InChI=1S/C28H33FN4/c1-26-12-21-13-27(2,17-26)19-28(14-21,18-26)30-15-24-25(22-6-4-3-5-7-22)32-33(31-24)16-20-8-10-23(29)11-9-20/h3-11,21,30H,12-19H2,1-2H3/t21?,26-,27+,28?. The Hall–Kier alpha value is -2.53. The molecule has 0 radical (unpaired) electrons. The van der Waals surface area contributed by atoms with Gasteiger partial charge in [-0.25, -0.2) is 4.39 Å². The predicted octanol–water partition coefficient (Wildman–Crippen LogP) is 5.97. The first-order valence-electron chi connectivity index (χ1n) is 12.3. The SMILES string of the molecule is C[C@]12CC3CC(NCc4nn(Cc5ccc(F)cc5)nc4-c4ccccc4)(C1)C[C@@](C)(C3)C2. The fraction of sp³-hybridized carbons (Fsp3) is 0.500. The second-order valence-corrected chi connectivity index (χ2v) is 11.8. The lowest BCUT2D eigenvalue weighted by Crippen LogP contribution is -2.63. The maximum absolute atomic E-state index is 13.3. The Morgan fingerprint density at radius 1 is 0.909 bits per heavy atom. The van der Waals surface area contributed by atoms with Crippen LogP contribution in [-0.2, 0) is 13.1 Å². The van der Waals surface area contributed by atoms with E-state index < -0.39 is 0 Å². The van der Waals surface area contributed by atoms with E-state index in [1.807, 2.05) is 18.2 Å². The van der Waals surface area contributed by atoms with Crippen molar-refractivity contribution < 1.29 is 4.39 Å². The number of halogens is 1. The Morgan fingerprint density at radius 3 is 2.27 bits per heavy atom. The molecule has 33 heavy (non-hydrogen) atoms. The molecule has 4 fully saturated rings. The van der Waals surface area contributed by atoms with Gasteiger partial charge in [0.05, 0.1) is 6.54 Å². The van der Waals surface area contributed by atoms with E-state index in [4.69, 9.17) is 10.2 Å². The van der Waals surface area contributed by atoms with Gasteiger partial charge in [0.2, 0.25) is 0 Å². The van der Waals surface area contributed by atoms with Gasteiger partial charge in [0, 0.05) is 17.6 Å². The molecule has 3 aromatic rings. The molecule has 0 amide bonds. The fourth-order valence-electron chi connectivity index (χ4n) is 8.06. The molecule has 2 unspecified atom stereocenters. The quantitative estimate of drug-likeness (QED) is 0.509. The van der Waals surface area contributed by atoms with E-state index in [0.29, 0.717) is 17.4 Å². The van der Waals surface area contributed by atoms with Gasteiger partial charge in [-0.3, -0.25) is 0 Å².